The van der Waals surface area contributed by atoms with Crippen LogP contribution in [0.2, 0.25) is 5.02 Å². The molecule has 0 N–H and O–H groups in total. The minimum Gasteiger partial charge on any atom is -0.266 e. The predicted molar refractivity (Wildman–Crippen MR) is 97.6 cm³/mol. The van der Waals surface area contributed by atoms with E-state index >= 15 is 0 Å². The molecular weight excluding hydrogens is 338 g/mol. The van der Waals surface area contributed by atoms with E-state index in [1.807, 2.05) is 42.5 Å². The van der Waals surface area contributed by atoms with Crippen molar-refractivity contribution in [3.8, 4) is 5.69 Å². The Bertz CT molecular complexity index is 1110. The maximum absolute atomic E-state index is 12.6. The zero-order valence-electron chi connectivity index (χ0n) is 13.0. The summed E-state index contributed by atoms with van der Waals surface area (Å²) >= 11 is 5.85. The lowest BCUT2D eigenvalue weighted by molar-refractivity contribution is 0.809. The van der Waals surface area contributed by atoms with Crippen LogP contribution in [0.15, 0.2) is 77.0 Å². The maximum Gasteiger partial charge on any atom is 0.285 e. The quantitative estimate of drug-likeness (QED) is 0.534. The molecule has 0 fully saturated rings. The van der Waals surface area contributed by atoms with Gasteiger partial charge in [0.2, 0.25) is 0 Å². The minimum absolute atomic E-state index is 0.280. The first-order valence-corrected chi connectivity index (χ1v) is 7.91. The van der Waals surface area contributed by atoms with Crippen LogP contribution in [0, 0.1) is 0 Å². The Labute approximate surface area is 147 Å². The lowest BCUT2D eigenvalue weighted by atomic mass is 10.2. The average molecular weight is 350 g/mol. The van der Waals surface area contributed by atoms with E-state index in [0.29, 0.717) is 16.1 Å². The van der Waals surface area contributed by atoms with Crippen LogP contribution >= 0.6 is 11.6 Å². The zero-order valence-corrected chi connectivity index (χ0v) is 13.7. The molecule has 0 saturated carbocycles. The molecule has 4 rings (SSSR count). The number of rotatable bonds is 3. The number of hydrogen-bond donors (Lipinski definition) is 0. The standard InChI is InChI=1S/C18H12ClN5O/c19-14-8-6-13(7-9-14)10-21-23-12-20-17-16(18(23)25)11-22-24(17)15-4-2-1-3-5-15/h1-12H/b21-10+. The van der Waals surface area contributed by atoms with Crippen LogP contribution in [0.4, 0.5) is 0 Å². The highest BCUT2D eigenvalue weighted by Gasteiger charge is 2.10. The van der Waals surface area contributed by atoms with Crippen LogP contribution in [0.25, 0.3) is 16.7 Å². The molecule has 2 aromatic carbocycles. The van der Waals surface area contributed by atoms with Gasteiger partial charge in [-0.05, 0) is 29.8 Å². The highest BCUT2D eigenvalue weighted by atomic mass is 35.5. The molecule has 0 radical (unpaired) electrons. The van der Waals surface area contributed by atoms with Gasteiger partial charge in [-0.3, -0.25) is 4.79 Å². The molecule has 122 valence electrons. The summed E-state index contributed by atoms with van der Waals surface area (Å²) in [7, 11) is 0. The van der Waals surface area contributed by atoms with E-state index in [-0.39, 0.29) is 5.56 Å². The Morgan fingerprint density at radius 2 is 1.80 bits per heavy atom. The number of aromatic nitrogens is 4. The third-order valence-corrected chi connectivity index (χ3v) is 3.93. The van der Waals surface area contributed by atoms with Gasteiger partial charge in [-0.15, -0.1) is 0 Å². The highest BCUT2D eigenvalue weighted by molar-refractivity contribution is 6.30. The molecular formula is C18H12ClN5O. The second-order valence-corrected chi connectivity index (χ2v) is 5.76. The lowest BCUT2D eigenvalue weighted by Gasteiger charge is -2.02. The highest BCUT2D eigenvalue weighted by Crippen LogP contribution is 2.13. The molecule has 0 aliphatic heterocycles. The monoisotopic (exact) mass is 349 g/mol. The summed E-state index contributed by atoms with van der Waals surface area (Å²) in [4.78, 5) is 16.9. The van der Waals surface area contributed by atoms with Crippen LogP contribution in [0.3, 0.4) is 0 Å². The third-order valence-electron chi connectivity index (χ3n) is 3.67. The van der Waals surface area contributed by atoms with Crippen LogP contribution in [0.1, 0.15) is 5.56 Å². The first kappa shape index (κ1) is 15.3. The SMILES string of the molecule is O=c1c2cnn(-c3ccccc3)c2ncn1/N=C/c1ccc(Cl)cc1. The topological polar surface area (TPSA) is 65.1 Å². The molecule has 0 aliphatic carbocycles. The van der Waals surface area contributed by atoms with Crippen LogP contribution in [-0.2, 0) is 0 Å². The van der Waals surface area contributed by atoms with Crippen molar-refractivity contribution in [1.29, 1.82) is 0 Å². The largest absolute Gasteiger partial charge is 0.285 e. The maximum atomic E-state index is 12.6. The Balaban J connectivity index is 1.74. The summed E-state index contributed by atoms with van der Waals surface area (Å²) in [5.41, 5.74) is 1.88. The third kappa shape index (κ3) is 2.95. The molecule has 4 aromatic rings. The van der Waals surface area contributed by atoms with Crippen molar-refractivity contribution < 1.29 is 0 Å². The normalized spacial score (nSPS) is 11.4. The van der Waals surface area contributed by atoms with Crippen molar-refractivity contribution in [2.45, 2.75) is 0 Å². The van der Waals surface area contributed by atoms with E-state index in [0.717, 1.165) is 11.3 Å². The molecule has 6 nitrogen and oxygen atoms in total. The fourth-order valence-electron chi connectivity index (χ4n) is 2.42. The second kappa shape index (κ2) is 6.33. The molecule has 2 heterocycles. The molecule has 0 aliphatic rings. The van der Waals surface area contributed by atoms with E-state index in [4.69, 9.17) is 11.6 Å². The Morgan fingerprint density at radius 3 is 2.56 bits per heavy atom. The fraction of sp³-hybridized carbons (Fsp3) is 0. The predicted octanol–water partition coefficient (Wildman–Crippen LogP) is 3.12. The number of benzene rings is 2. The number of nitrogens with zero attached hydrogens (tertiary/aromatic N) is 5. The molecule has 0 unspecified atom stereocenters. The van der Waals surface area contributed by atoms with Crippen LogP contribution < -0.4 is 5.56 Å². The van der Waals surface area contributed by atoms with Crippen molar-refractivity contribution in [3.05, 3.63) is 88.1 Å². The van der Waals surface area contributed by atoms with Crippen LogP contribution in [0.5, 0.6) is 0 Å². The molecule has 0 bridgehead atoms. The van der Waals surface area contributed by atoms with Gasteiger partial charge in [-0.1, -0.05) is 41.9 Å². The Kier molecular flexibility index (Phi) is 3.87. The minimum atomic E-state index is -0.280. The summed E-state index contributed by atoms with van der Waals surface area (Å²) in [5, 5.41) is 9.49. The van der Waals surface area contributed by atoms with Gasteiger partial charge in [-0.25, -0.2) is 9.67 Å². The summed E-state index contributed by atoms with van der Waals surface area (Å²) in [5.74, 6) is 0. The summed E-state index contributed by atoms with van der Waals surface area (Å²) in [6.07, 6.45) is 4.47. The molecule has 7 heteroatoms. The van der Waals surface area contributed by atoms with Gasteiger partial charge in [0, 0.05) is 5.02 Å². The number of halogens is 1. The molecule has 0 spiro atoms. The van der Waals surface area contributed by atoms with E-state index in [1.54, 1.807) is 23.0 Å². The van der Waals surface area contributed by atoms with Gasteiger partial charge in [-0.2, -0.15) is 14.9 Å². The van der Waals surface area contributed by atoms with E-state index in [9.17, 15) is 4.79 Å². The van der Waals surface area contributed by atoms with Crippen molar-refractivity contribution in [2.75, 3.05) is 0 Å². The average Bonchev–Trinajstić information content (AvgIpc) is 3.08. The molecule has 0 amide bonds. The first-order chi connectivity index (χ1) is 12.2. The summed E-state index contributed by atoms with van der Waals surface area (Å²) in [6.45, 7) is 0. The fourth-order valence-corrected chi connectivity index (χ4v) is 2.55. The van der Waals surface area contributed by atoms with E-state index < -0.39 is 0 Å². The molecule has 25 heavy (non-hydrogen) atoms. The molecule has 2 aromatic heterocycles. The number of hydrogen-bond acceptors (Lipinski definition) is 4. The van der Waals surface area contributed by atoms with Gasteiger partial charge in [0.25, 0.3) is 5.56 Å². The Hall–Kier alpha value is -3.25. The van der Waals surface area contributed by atoms with Gasteiger partial charge in [0.05, 0.1) is 18.1 Å². The lowest BCUT2D eigenvalue weighted by Crippen LogP contribution is -2.17. The van der Waals surface area contributed by atoms with E-state index in [2.05, 4.69) is 15.2 Å². The first-order valence-electron chi connectivity index (χ1n) is 7.53. The van der Waals surface area contributed by atoms with Crippen LogP contribution in [-0.4, -0.2) is 25.7 Å². The van der Waals surface area contributed by atoms with Gasteiger partial charge < -0.3 is 0 Å². The summed E-state index contributed by atoms with van der Waals surface area (Å²) in [6, 6.07) is 16.7. The van der Waals surface area contributed by atoms with Crippen molar-refractivity contribution >= 4 is 28.8 Å². The van der Waals surface area contributed by atoms with Gasteiger partial charge in [0.1, 0.15) is 11.7 Å². The number of para-hydroxylation sites is 1. The van der Waals surface area contributed by atoms with Crippen molar-refractivity contribution in [1.82, 2.24) is 19.4 Å². The van der Waals surface area contributed by atoms with Crippen molar-refractivity contribution in [2.24, 2.45) is 5.10 Å². The van der Waals surface area contributed by atoms with Gasteiger partial charge >= 0.3 is 0 Å². The van der Waals surface area contributed by atoms with Gasteiger partial charge in [0.15, 0.2) is 5.65 Å². The number of fused-ring (bicyclic) bond motifs is 1. The Morgan fingerprint density at radius 1 is 1.04 bits per heavy atom. The zero-order chi connectivity index (χ0) is 17.2. The molecule has 0 atom stereocenters. The van der Waals surface area contributed by atoms with Crippen molar-refractivity contribution in [3.63, 3.8) is 0 Å². The van der Waals surface area contributed by atoms with E-state index in [1.165, 1.54) is 17.2 Å². The summed E-state index contributed by atoms with van der Waals surface area (Å²) < 4.78 is 2.82. The molecule has 0 saturated heterocycles. The second-order valence-electron chi connectivity index (χ2n) is 5.32. The smallest absolute Gasteiger partial charge is 0.266 e.